The monoisotopic (exact) mass is 605 g/mol. The molecule has 9 heteroatoms. The third-order valence-corrected chi connectivity index (χ3v) is 12.0. The van der Waals surface area contributed by atoms with Crippen molar-refractivity contribution in [1.82, 2.24) is 19.1 Å². The summed E-state index contributed by atoms with van der Waals surface area (Å²) in [6, 6.07) is 15.1. The van der Waals surface area contributed by atoms with Crippen molar-refractivity contribution in [3.8, 4) is 11.1 Å². The topological polar surface area (TPSA) is 103 Å². The molecule has 0 saturated carbocycles. The lowest BCUT2D eigenvalue weighted by Crippen LogP contribution is -2.47. The Balaban J connectivity index is 1.04. The summed E-state index contributed by atoms with van der Waals surface area (Å²) < 4.78 is 28.3. The Hall–Kier alpha value is -2.72. The van der Waals surface area contributed by atoms with Gasteiger partial charge in [-0.05, 0) is 118 Å². The summed E-state index contributed by atoms with van der Waals surface area (Å²) in [5.74, 6) is 0.130. The number of piperidine rings is 3. The lowest BCUT2D eigenvalue weighted by atomic mass is 9.88. The van der Waals surface area contributed by atoms with Crippen LogP contribution in [0, 0.1) is 0 Å². The average molecular weight is 606 g/mol. The molecule has 3 saturated heterocycles. The van der Waals surface area contributed by atoms with Crippen molar-refractivity contribution in [2.75, 3.05) is 51.6 Å². The van der Waals surface area contributed by atoms with E-state index in [9.17, 15) is 13.2 Å². The number of fused-ring (bicyclic) bond motifs is 1. The van der Waals surface area contributed by atoms with Crippen molar-refractivity contribution in [2.45, 2.75) is 69.7 Å². The van der Waals surface area contributed by atoms with E-state index in [0.29, 0.717) is 19.5 Å². The van der Waals surface area contributed by atoms with Gasteiger partial charge in [0.2, 0.25) is 15.9 Å². The highest BCUT2D eigenvalue weighted by Crippen LogP contribution is 2.37. The molecule has 3 aliphatic rings. The largest absolute Gasteiger partial charge is 0.369 e. The number of nitrogens with two attached hydrogens (primary N) is 1. The van der Waals surface area contributed by atoms with Crippen molar-refractivity contribution in [3.63, 3.8) is 0 Å². The second kappa shape index (κ2) is 13.5. The van der Waals surface area contributed by atoms with Crippen LogP contribution in [-0.4, -0.2) is 91.0 Å². The number of aromatic amines is 1. The quantitative estimate of drug-likeness (QED) is 0.349. The predicted molar refractivity (Wildman–Crippen MR) is 173 cm³/mol. The average Bonchev–Trinajstić information content (AvgIpc) is 3.46. The zero-order valence-electron chi connectivity index (χ0n) is 25.3. The first kappa shape index (κ1) is 30.3. The van der Waals surface area contributed by atoms with Crippen LogP contribution in [0.5, 0.6) is 0 Å². The summed E-state index contributed by atoms with van der Waals surface area (Å²) in [6.07, 6.45) is 11.0. The zero-order valence-corrected chi connectivity index (χ0v) is 26.2. The van der Waals surface area contributed by atoms with Gasteiger partial charge in [0.05, 0.1) is 12.2 Å². The molecule has 0 unspecified atom stereocenters. The standard InChI is InChI=1S/C34H47N5O3S/c35-33(40)24-29-22-28(26-8-3-1-4-9-26)23-31-32(25-36-34(29)31)27-10-19-39(20-11-27)43(41,42)21-7-14-37-17-12-30(13-18-37)38-15-5-2-6-16-38/h1,3-4,8-9,22-23,25,27,30,36H,2,5-7,10-21,24H2,(H2,35,40). The number of amides is 1. The second-order valence-corrected chi connectivity index (χ2v) is 14.9. The van der Waals surface area contributed by atoms with Crippen molar-refractivity contribution in [2.24, 2.45) is 5.73 Å². The minimum atomic E-state index is -3.27. The SMILES string of the molecule is NC(=O)Cc1cc(-c2ccccc2)cc2c(C3CCN(S(=O)(=O)CCCN4CCC(N5CCCCC5)CC4)CC3)c[nH]c12. The van der Waals surface area contributed by atoms with Gasteiger partial charge >= 0.3 is 0 Å². The minimum Gasteiger partial charge on any atom is -0.369 e. The first-order valence-corrected chi connectivity index (χ1v) is 17.9. The normalized spacial score (nSPS) is 20.6. The molecule has 4 heterocycles. The number of hydrogen-bond donors (Lipinski definition) is 2. The highest BCUT2D eigenvalue weighted by Gasteiger charge is 2.31. The summed E-state index contributed by atoms with van der Waals surface area (Å²) in [4.78, 5) is 20.4. The zero-order chi connectivity index (χ0) is 29.8. The minimum absolute atomic E-state index is 0.171. The Morgan fingerprint density at radius 1 is 0.884 bits per heavy atom. The number of benzene rings is 2. The molecule has 3 fully saturated rings. The Morgan fingerprint density at radius 3 is 2.30 bits per heavy atom. The summed E-state index contributed by atoms with van der Waals surface area (Å²) in [6.45, 7) is 6.65. The highest BCUT2D eigenvalue weighted by atomic mass is 32.2. The maximum absolute atomic E-state index is 13.3. The number of rotatable bonds is 10. The maximum Gasteiger partial charge on any atom is 0.221 e. The first-order valence-electron chi connectivity index (χ1n) is 16.3. The summed E-state index contributed by atoms with van der Waals surface area (Å²) in [7, 11) is -3.27. The number of hydrogen-bond acceptors (Lipinski definition) is 5. The van der Waals surface area contributed by atoms with Gasteiger partial charge in [0, 0.05) is 36.2 Å². The Labute approximate surface area is 256 Å². The van der Waals surface area contributed by atoms with Crippen LogP contribution in [0.15, 0.2) is 48.7 Å². The molecule has 3 N–H and O–H groups in total. The fourth-order valence-electron chi connectivity index (χ4n) is 7.63. The molecule has 0 spiro atoms. The van der Waals surface area contributed by atoms with Crippen LogP contribution in [0.2, 0.25) is 0 Å². The van der Waals surface area contributed by atoms with Gasteiger partial charge in [-0.25, -0.2) is 12.7 Å². The van der Waals surface area contributed by atoms with E-state index in [2.05, 4.69) is 39.0 Å². The van der Waals surface area contributed by atoms with E-state index in [1.54, 1.807) is 4.31 Å². The fourth-order valence-corrected chi connectivity index (χ4v) is 9.15. The first-order chi connectivity index (χ1) is 20.9. The molecular weight excluding hydrogens is 558 g/mol. The van der Waals surface area contributed by atoms with Crippen LogP contribution < -0.4 is 5.73 Å². The van der Waals surface area contributed by atoms with Gasteiger partial charge in [-0.3, -0.25) is 4.79 Å². The molecule has 3 aliphatic heterocycles. The number of nitrogens with zero attached hydrogens (tertiary/aromatic N) is 3. The smallest absolute Gasteiger partial charge is 0.221 e. The van der Waals surface area contributed by atoms with Gasteiger partial charge in [-0.2, -0.15) is 0 Å². The van der Waals surface area contributed by atoms with E-state index in [1.807, 2.05) is 24.4 Å². The Bertz CT molecular complexity index is 1480. The molecule has 1 amide bonds. The van der Waals surface area contributed by atoms with Crippen LogP contribution in [0.3, 0.4) is 0 Å². The number of carbonyl (C=O) groups excluding carboxylic acids is 1. The maximum atomic E-state index is 13.3. The van der Waals surface area contributed by atoms with E-state index in [4.69, 9.17) is 5.73 Å². The van der Waals surface area contributed by atoms with Crippen LogP contribution in [-0.2, 0) is 21.2 Å². The van der Waals surface area contributed by atoms with Gasteiger partial charge in [0.1, 0.15) is 0 Å². The van der Waals surface area contributed by atoms with Gasteiger partial charge in [-0.15, -0.1) is 0 Å². The second-order valence-electron chi connectivity index (χ2n) is 12.8. The van der Waals surface area contributed by atoms with Gasteiger partial charge < -0.3 is 20.5 Å². The number of carbonyl (C=O) groups is 1. The van der Waals surface area contributed by atoms with Crippen LogP contribution in [0.4, 0.5) is 0 Å². The van der Waals surface area contributed by atoms with Gasteiger partial charge in [0.15, 0.2) is 0 Å². The molecule has 0 radical (unpaired) electrons. The Kier molecular flexibility index (Phi) is 9.52. The van der Waals surface area contributed by atoms with Crippen molar-refractivity contribution < 1.29 is 13.2 Å². The number of sulfonamides is 1. The fraction of sp³-hybridized carbons (Fsp3) is 0.559. The van der Waals surface area contributed by atoms with Gasteiger partial charge in [-0.1, -0.05) is 36.8 Å². The number of nitrogens with one attached hydrogen (secondary N) is 1. The third-order valence-electron chi connectivity index (χ3n) is 10.0. The molecule has 232 valence electrons. The van der Waals surface area contributed by atoms with E-state index in [-0.39, 0.29) is 24.0 Å². The van der Waals surface area contributed by atoms with Crippen molar-refractivity contribution in [1.29, 1.82) is 0 Å². The summed E-state index contributed by atoms with van der Waals surface area (Å²) >= 11 is 0. The molecule has 3 aromatic rings. The van der Waals surface area contributed by atoms with Crippen LogP contribution >= 0.6 is 0 Å². The number of aromatic nitrogens is 1. The molecule has 8 nitrogen and oxygen atoms in total. The van der Waals surface area contributed by atoms with E-state index >= 15 is 0 Å². The van der Waals surface area contributed by atoms with Crippen LogP contribution in [0.25, 0.3) is 22.0 Å². The molecule has 0 bridgehead atoms. The van der Waals surface area contributed by atoms with Gasteiger partial charge in [0.25, 0.3) is 0 Å². The van der Waals surface area contributed by atoms with E-state index < -0.39 is 10.0 Å². The highest BCUT2D eigenvalue weighted by molar-refractivity contribution is 7.89. The van der Waals surface area contributed by atoms with Crippen LogP contribution in [0.1, 0.15) is 68.4 Å². The molecule has 0 aliphatic carbocycles. The van der Waals surface area contributed by atoms with E-state index in [0.717, 1.165) is 66.1 Å². The molecule has 6 rings (SSSR count). The number of primary amides is 1. The Morgan fingerprint density at radius 2 is 1.60 bits per heavy atom. The predicted octanol–water partition coefficient (Wildman–Crippen LogP) is 4.71. The molecule has 2 aromatic carbocycles. The molecule has 1 aromatic heterocycles. The van der Waals surface area contributed by atoms with E-state index in [1.165, 1.54) is 50.8 Å². The van der Waals surface area contributed by atoms with Crippen molar-refractivity contribution in [3.05, 3.63) is 59.8 Å². The summed E-state index contributed by atoms with van der Waals surface area (Å²) in [5.41, 5.74) is 10.8. The molecule has 0 atom stereocenters. The number of likely N-dealkylation sites (tertiary alicyclic amines) is 2. The van der Waals surface area contributed by atoms with Crippen molar-refractivity contribution >= 4 is 26.8 Å². The third kappa shape index (κ3) is 7.17. The molecule has 43 heavy (non-hydrogen) atoms. The number of H-pyrrole nitrogens is 1. The lowest BCUT2D eigenvalue weighted by molar-refractivity contribution is -0.117. The lowest BCUT2D eigenvalue weighted by Gasteiger charge is -2.40. The summed E-state index contributed by atoms with van der Waals surface area (Å²) in [5, 5.41) is 1.10. The molecular formula is C34H47N5O3S.